The van der Waals surface area contributed by atoms with E-state index in [9.17, 15) is 4.79 Å². The van der Waals surface area contributed by atoms with Crippen LogP contribution < -0.4 is 5.32 Å². The van der Waals surface area contributed by atoms with Crippen molar-refractivity contribution >= 4 is 5.91 Å². The predicted molar refractivity (Wildman–Crippen MR) is 87.6 cm³/mol. The number of para-hydroxylation sites is 1. The summed E-state index contributed by atoms with van der Waals surface area (Å²) in [7, 11) is 0. The van der Waals surface area contributed by atoms with Gasteiger partial charge in [0.05, 0.1) is 35.4 Å². The summed E-state index contributed by atoms with van der Waals surface area (Å²) in [5, 5.41) is 7.45. The van der Waals surface area contributed by atoms with Crippen LogP contribution >= 0.6 is 0 Å². The minimum Gasteiger partial charge on any atom is -0.467 e. The van der Waals surface area contributed by atoms with E-state index in [0.29, 0.717) is 12.1 Å². The Balaban J connectivity index is 1.89. The Hall–Kier alpha value is -2.82. The molecular formula is C18H19N3O2. The zero-order valence-electron chi connectivity index (χ0n) is 13.2. The highest BCUT2D eigenvalue weighted by atomic mass is 16.3. The molecule has 5 heteroatoms. The van der Waals surface area contributed by atoms with Gasteiger partial charge in [-0.1, -0.05) is 25.1 Å². The van der Waals surface area contributed by atoms with Crippen molar-refractivity contribution in [2.45, 2.75) is 26.8 Å². The lowest BCUT2D eigenvalue weighted by atomic mass is 10.1. The number of amides is 1. The first-order chi connectivity index (χ1) is 11.2. The molecule has 2 heterocycles. The van der Waals surface area contributed by atoms with Crippen LogP contribution in [0.25, 0.3) is 5.69 Å². The van der Waals surface area contributed by atoms with Crippen molar-refractivity contribution < 1.29 is 9.21 Å². The Morgan fingerprint density at radius 2 is 2.00 bits per heavy atom. The Bertz CT molecular complexity index is 789. The smallest absolute Gasteiger partial charge is 0.255 e. The predicted octanol–water partition coefficient (Wildman–Crippen LogP) is 3.27. The third-order valence-electron chi connectivity index (χ3n) is 3.72. The first-order valence-corrected chi connectivity index (χ1v) is 7.65. The van der Waals surface area contributed by atoms with Gasteiger partial charge in [-0.15, -0.1) is 0 Å². The van der Waals surface area contributed by atoms with E-state index in [0.717, 1.165) is 29.3 Å². The summed E-state index contributed by atoms with van der Waals surface area (Å²) in [6.07, 6.45) is 2.32. The number of nitrogens with zero attached hydrogens (tertiary/aromatic N) is 2. The molecule has 0 spiro atoms. The van der Waals surface area contributed by atoms with Gasteiger partial charge in [0.15, 0.2) is 0 Å². The number of furan rings is 1. The molecular weight excluding hydrogens is 290 g/mol. The summed E-state index contributed by atoms with van der Waals surface area (Å²) in [5.41, 5.74) is 3.23. The van der Waals surface area contributed by atoms with Gasteiger partial charge in [-0.05, 0) is 37.6 Å². The molecule has 3 rings (SSSR count). The fourth-order valence-electron chi connectivity index (χ4n) is 2.65. The molecule has 3 aromatic rings. The lowest BCUT2D eigenvalue weighted by molar-refractivity contribution is 0.0946. The van der Waals surface area contributed by atoms with E-state index in [1.54, 1.807) is 12.3 Å². The first kappa shape index (κ1) is 15.1. The summed E-state index contributed by atoms with van der Waals surface area (Å²) in [6, 6.07) is 13.5. The van der Waals surface area contributed by atoms with E-state index in [4.69, 9.17) is 4.42 Å². The van der Waals surface area contributed by atoms with E-state index < -0.39 is 0 Å². The van der Waals surface area contributed by atoms with Gasteiger partial charge in [0, 0.05) is 0 Å². The number of hydrogen-bond acceptors (Lipinski definition) is 3. The summed E-state index contributed by atoms with van der Waals surface area (Å²) >= 11 is 0. The molecule has 0 fully saturated rings. The van der Waals surface area contributed by atoms with Crippen molar-refractivity contribution in [1.29, 1.82) is 0 Å². The van der Waals surface area contributed by atoms with Crippen LogP contribution in [0.3, 0.4) is 0 Å². The van der Waals surface area contributed by atoms with Gasteiger partial charge >= 0.3 is 0 Å². The van der Waals surface area contributed by atoms with Crippen LogP contribution in [-0.2, 0) is 13.0 Å². The summed E-state index contributed by atoms with van der Waals surface area (Å²) in [5.74, 6) is 0.599. The third kappa shape index (κ3) is 3.04. The van der Waals surface area contributed by atoms with Gasteiger partial charge in [0.25, 0.3) is 5.91 Å². The molecule has 5 nitrogen and oxygen atoms in total. The van der Waals surface area contributed by atoms with Crippen LogP contribution in [0.4, 0.5) is 0 Å². The normalized spacial score (nSPS) is 10.7. The van der Waals surface area contributed by atoms with Gasteiger partial charge < -0.3 is 9.73 Å². The van der Waals surface area contributed by atoms with E-state index in [2.05, 4.69) is 10.4 Å². The molecule has 0 bridgehead atoms. The topological polar surface area (TPSA) is 60.1 Å². The molecule has 0 aliphatic carbocycles. The molecule has 0 aliphatic rings. The molecule has 0 unspecified atom stereocenters. The monoisotopic (exact) mass is 309 g/mol. The molecule has 0 saturated carbocycles. The molecule has 1 aromatic carbocycles. The van der Waals surface area contributed by atoms with Crippen LogP contribution in [0, 0.1) is 6.92 Å². The lowest BCUT2D eigenvalue weighted by Gasteiger charge is -2.08. The van der Waals surface area contributed by atoms with Crippen LogP contribution in [0.1, 0.15) is 34.4 Å². The van der Waals surface area contributed by atoms with E-state index in [1.807, 2.05) is 54.9 Å². The minimum atomic E-state index is -0.127. The zero-order chi connectivity index (χ0) is 16.2. The Morgan fingerprint density at radius 3 is 2.65 bits per heavy atom. The van der Waals surface area contributed by atoms with Gasteiger partial charge in [-0.3, -0.25) is 4.79 Å². The molecule has 0 atom stereocenters. The third-order valence-corrected chi connectivity index (χ3v) is 3.72. The number of rotatable bonds is 5. The molecule has 0 aliphatic heterocycles. The second-order valence-electron chi connectivity index (χ2n) is 5.27. The van der Waals surface area contributed by atoms with Crippen LogP contribution in [0.15, 0.2) is 53.1 Å². The van der Waals surface area contributed by atoms with Crippen LogP contribution in [0.5, 0.6) is 0 Å². The number of aryl methyl sites for hydroxylation is 1. The Morgan fingerprint density at radius 1 is 1.22 bits per heavy atom. The summed E-state index contributed by atoms with van der Waals surface area (Å²) in [4.78, 5) is 12.6. The van der Waals surface area contributed by atoms with Crippen molar-refractivity contribution in [3.63, 3.8) is 0 Å². The van der Waals surface area contributed by atoms with E-state index >= 15 is 0 Å². The van der Waals surface area contributed by atoms with Crippen molar-refractivity contribution in [3.8, 4) is 5.69 Å². The van der Waals surface area contributed by atoms with Gasteiger partial charge in [-0.25, -0.2) is 4.68 Å². The van der Waals surface area contributed by atoms with Crippen LogP contribution in [0.2, 0.25) is 0 Å². The average molecular weight is 309 g/mol. The van der Waals surface area contributed by atoms with Gasteiger partial charge in [-0.2, -0.15) is 5.10 Å². The summed E-state index contributed by atoms with van der Waals surface area (Å²) < 4.78 is 7.09. The second-order valence-corrected chi connectivity index (χ2v) is 5.27. The van der Waals surface area contributed by atoms with E-state index in [1.165, 1.54) is 0 Å². The van der Waals surface area contributed by atoms with Crippen molar-refractivity contribution in [1.82, 2.24) is 15.1 Å². The van der Waals surface area contributed by atoms with E-state index in [-0.39, 0.29) is 5.91 Å². The molecule has 1 N–H and O–H groups in total. The second kappa shape index (κ2) is 6.52. The molecule has 0 saturated heterocycles. The SMILES string of the molecule is CCc1c(C(=O)NCc2ccco2)c(C)nn1-c1ccccc1. The average Bonchev–Trinajstić information content (AvgIpc) is 3.20. The Kier molecular flexibility index (Phi) is 4.28. The molecule has 0 radical (unpaired) electrons. The first-order valence-electron chi connectivity index (χ1n) is 7.65. The molecule has 1 amide bonds. The van der Waals surface area contributed by atoms with Crippen LogP contribution in [-0.4, -0.2) is 15.7 Å². The maximum Gasteiger partial charge on any atom is 0.255 e. The van der Waals surface area contributed by atoms with Crippen molar-refractivity contribution in [2.75, 3.05) is 0 Å². The number of hydrogen-bond donors (Lipinski definition) is 1. The Labute approximate surface area is 134 Å². The highest BCUT2D eigenvalue weighted by Gasteiger charge is 2.21. The fraction of sp³-hybridized carbons (Fsp3) is 0.222. The number of nitrogens with one attached hydrogen (secondary N) is 1. The largest absolute Gasteiger partial charge is 0.467 e. The molecule has 23 heavy (non-hydrogen) atoms. The summed E-state index contributed by atoms with van der Waals surface area (Å²) in [6.45, 7) is 4.25. The zero-order valence-corrected chi connectivity index (χ0v) is 13.2. The van der Waals surface area contributed by atoms with Crippen molar-refractivity contribution in [3.05, 3.63) is 71.4 Å². The lowest BCUT2D eigenvalue weighted by Crippen LogP contribution is -2.24. The number of carbonyl (C=O) groups excluding carboxylic acids is 1. The minimum absolute atomic E-state index is 0.127. The number of benzene rings is 1. The maximum absolute atomic E-state index is 12.6. The maximum atomic E-state index is 12.6. The number of carbonyl (C=O) groups is 1. The van der Waals surface area contributed by atoms with Gasteiger partial charge in [0.2, 0.25) is 0 Å². The van der Waals surface area contributed by atoms with Gasteiger partial charge in [0.1, 0.15) is 5.76 Å². The molecule has 118 valence electrons. The quantitative estimate of drug-likeness (QED) is 0.787. The standard InChI is InChI=1S/C18H19N3O2/c1-3-16-17(18(22)19-12-15-10-7-11-23-15)13(2)20-21(16)14-8-5-4-6-9-14/h4-11H,3,12H2,1-2H3,(H,19,22). The number of aromatic nitrogens is 2. The highest BCUT2D eigenvalue weighted by molar-refractivity contribution is 5.96. The van der Waals surface area contributed by atoms with Crippen molar-refractivity contribution in [2.24, 2.45) is 0 Å². The molecule has 2 aromatic heterocycles. The highest BCUT2D eigenvalue weighted by Crippen LogP contribution is 2.19. The fourth-order valence-corrected chi connectivity index (χ4v) is 2.65.